The first kappa shape index (κ1) is 18.0. The lowest BCUT2D eigenvalue weighted by Gasteiger charge is -2.14. The van der Waals surface area contributed by atoms with Gasteiger partial charge in [0.1, 0.15) is 11.5 Å². The normalized spacial score (nSPS) is 11.9. The molecule has 0 radical (unpaired) electrons. The number of hydrogen-bond donors (Lipinski definition) is 0. The zero-order chi connectivity index (χ0) is 19.0. The van der Waals surface area contributed by atoms with Crippen molar-refractivity contribution in [2.45, 2.75) is 25.7 Å². The van der Waals surface area contributed by atoms with Crippen LogP contribution < -0.4 is 0 Å². The highest BCUT2D eigenvalue weighted by atomic mass is 35.5. The molecular weight excluding hydrogens is 370 g/mol. The Bertz CT molecular complexity index is 1090. The average molecular weight is 392 g/mol. The van der Waals surface area contributed by atoms with E-state index in [9.17, 15) is 0 Å². The summed E-state index contributed by atoms with van der Waals surface area (Å²) in [6, 6.07) is 23.4. The minimum atomic E-state index is -1.38. The van der Waals surface area contributed by atoms with Crippen molar-refractivity contribution in [3.63, 3.8) is 0 Å². The lowest BCUT2D eigenvalue weighted by Crippen LogP contribution is -2.23. The van der Waals surface area contributed by atoms with Crippen LogP contribution in [0.5, 0.6) is 0 Å². The predicted octanol–water partition coefficient (Wildman–Crippen LogP) is 7.24. The van der Waals surface area contributed by atoms with E-state index in [1.807, 2.05) is 24.3 Å². The zero-order valence-corrected chi connectivity index (χ0v) is 17.5. The van der Waals surface area contributed by atoms with Crippen LogP contribution in [0.4, 0.5) is 0 Å². The number of aromatic nitrogens is 1. The van der Waals surface area contributed by atoms with Crippen molar-refractivity contribution in [1.82, 2.24) is 4.98 Å². The fourth-order valence-electron chi connectivity index (χ4n) is 3.31. The molecular formula is C23H22ClNOSi. The molecule has 27 heavy (non-hydrogen) atoms. The minimum Gasteiger partial charge on any atom is -0.441 e. The number of oxazole rings is 1. The van der Waals surface area contributed by atoms with Crippen molar-refractivity contribution >= 4 is 30.4 Å². The summed E-state index contributed by atoms with van der Waals surface area (Å²) < 4.78 is 6.30. The molecule has 3 aromatic carbocycles. The quantitative estimate of drug-likeness (QED) is 0.343. The molecule has 1 heterocycles. The van der Waals surface area contributed by atoms with Gasteiger partial charge in [-0.05, 0) is 35.0 Å². The van der Waals surface area contributed by atoms with Gasteiger partial charge < -0.3 is 4.42 Å². The van der Waals surface area contributed by atoms with Gasteiger partial charge in [-0.1, -0.05) is 73.7 Å². The van der Waals surface area contributed by atoms with Crippen molar-refractivity contribution in [3.8, 4) is 22.7 Å². The molecule has 0 amide bonds. The van der Waals surface area contributed by atoms with Crippen LogP contribution in [0.1, 0.15) is 5.76 Å². The Balaban J connectivity index is 1.91. The summed E-state index contributed by atoms with van der Waals surface area (Å²) in [6.07, 6.45) is 0. The molecule has 0 spiro atoms. The maximum absolute atomic E-state index is 6.30. The molecule has 0 aliphatic carbocycles. The second kappa shape index (κ2) is 6.99. The Morgan fingerprint density at radius 1 is 0.889 bits per heavy atom. The number of nitrogens with zero attached hydrogens (tertiary/aromatic N) is 1. The SMILES string of the molecule is C[Si](C)(C)Cc1oc(-c2ccc(Cl)cc2)nc1-c1cccc2ccccc12. The third-order valence-corrected chi connectivity index (χ3v) is 6.16. The standard InChI is InChI=1S/C23H22ClNOSi/c1-27(2,3)15-21-22(20-10-6-8-16-7-4-5-9-19(16)20)25-23(26-21)17-11-13-18(24)14-12-17/h4-14H,15H2,1-3H3. The zero-order valence-electron chi connectivity index (χ0n) is 15.8. The molecule has 0 atom stereocenters. The third kappa shape index (κ3) is 3.85. The monoisotopic (exact) mass is 391 g/mol. The van der Waals surface area contributed by atoms with Crippen LogP contribution in [0.25, 0.3) is 33.5 Å². The van der Waals surface area contributed by atoms with Gasteiger partial charge in [0, 0.05) is 22.2 Å². The molecule has 0 saturated carbocycles. The average Bonchev–Trinajstić information content (AvgIpc) is 3.03. The van der Waals surface area contributed by atoms with Crippen LogP contribution in [0.15, 0.2) is 71.1 Å². The number of halogens is 1. The van der Waals surface area contributed by atoms with Crippen LogP contribution in [0.3, 0.4) is 0 Å². The first-order valence-electron chi connectivity index (χ1n) is 9.14. The van der Waals surface area contributed by atoms with Crippen LogP contribution in [-0.4, -0.2) is 13.1 Å². The molecule has 0 bridgehead atoms. The fraction of sp³-hybridized carbons (Fsp3) is 0.174. The van der Waals surface area contributed by atoms with Gasteiger partial charge >= 0.3 is 0 Å². The van der Waals surface area contributed by atoms with Gasteiger partial charge in [0.25, 0.3) is 0 Å². The van der Waals surface area contributed by atoms with Crippen molar-refractivity contribution in [2.24, 2.45) is 0 Å². The second-order valence-electron chi connectivity index (χ2n) is 8.06. The number of hydrogen-bond acceptors (Lipinski definition) is 2. The molecule has 4 aromatic rings. The first-order chi connectivity index (χ1) is 12.9. The number of benzene rings is 3. The number of rotatable bonds is 4. The van der Waals surface area contributed by atoms with Crippen LogP contribution >= 0.6 is 11.6 Å². The Kier molecular flexibility index (Phi) is 4.66. The molecule has 1 aromatic heterocycles. The van der Waals surface area contributed by atoms with Gasteiger partial charge in [0.2, 0.25) is 5.89 Å². The van der Waals surface area contributed by atoms with Crippen molar-refractivity contribution in [1.29, 1.82) is 0 Å². The second-order valence-corrected chi connectivity index (χ2v) is 14.0. The molecule has 0 aliphatic rings. The van der Waals surface area contributed by atoms with Gasteiger partial charge in [0.15, 0.2) is 0 Å². The van der Waals surface area contributed by atoms with E-state index in [0.29, 0.717) is 10.9 Å². The smallest absolute Gasteiger partial charge is 0.226 e. The topological polar surface area (TPSA) is 26.0 Å². The van der Waals surface area contributed by atoms with Crippen LogP contribution in [0.2, 0.25) is 24.7 Å². The highest BCUT2D eigenvalue weighted by Crippen LogP contribution is 2.35. The van der Waals surface area contributed by atoms with E-state index in [4.69, 9.17) is 21.0 Å². The van der Waals surface area contributed by atoms with E-state index in [-0.39, 0.29) is 0 Å². The Hall–Kier alpha value is -2.36. The number of fused-ring (bicyclic) bond motifs is 1. The van der Waals surface area contributed by atoms with E-state index in [1.165, 1.54) is 10.8 Å². The summed E-state index contributed by atoms with van der Waals surface area (Å²) in [6.45, 7) is 7.05. The van der Waals surface area contributed by atoms with E-state index in [1.54, 1.807) is 0 Å². The lowest BCUT2D eigenvalue weighted by atomic mass is 10.0. The fourth-order valence-corrected chi connectivity index (χ4v) is 4.64. The van der Waals surface area contributed by atoms with Crippen LogP contribution in [0, 0.1) is 0 Å². The maximum Gasteiger partial charge on any atom is 0.226 e. The summed E-state index contributed by atoms with van der Waals surface area (Å²) in [5.74, 6) is 1.64. The van der Waals surface area contributed by atoms with E-state index in [0.717, 1.165) is 28.6 Å². The molecule has 0 saturated heterocycles. The molecule has 0 unspecified atom stereocenters. The summed E-state index contributed by atoms with van der Waals surface area (Å²) in [5.41, 5.74) is 3.03. The van der Waals surface area contributed by atoms with Crippen molar-refractivity contribution < 1.29 is 4.42 Å². The summed E-state index contributed by atoms with van der Waals surface area (Å²) >= 11 is 6.04. The molecule has 4 heteroatoms. The van der Waals surface area contributed by atoms with E-state index >= 15 is 0 Å². The van der Waals surface area contributed by atoms with Gasteiger partial charge in [-0.25, -0.2) is 4.98 Å². The molecule has 136 valence electrons. The highest BCUT2D eigenvalue weighted by Gasteiger charge is 2.23. The van der Waals surface area contributed by atoms with E-state index in [2.05, 4.69) is 62.1 Å². The third-order valence-electron chi connectivity index (χ3n) is 4.52. The summed E-state index contributed by atoms with van der Waals surface area (Å²) in [7, 11) is -1.38. The maximum atomic E-state index is 6.30. The molecule has 0 fully saturated rings. The summed E-state index contributed by atoms with van der Waals surface area (Å²) in [5, 5.41) is 3.12. The predicted molar refractivity (Wildman–Crippen MR) is 117 cm³/mol. The largest absolute Gasteiger partial charge is 0.441 e. The van der Waals surface area contributed by atoms with Gasteiger partial charge in [-0.3, -0.25) is 0 Å². The molecule has 4 rings (SSSR count). The van der Waals surface area contributed by atoms with Crippen molar-refractivity contribution in [2.75, 3.05) is 0 Å². The Morgan fingerprint density at radius 3 is 2.33 bits per heavy atom. The van der Waals surface area contributed by atoms with Gasteiger partial charge in [-0.2, -0.15) is 0 Å². The Labute approximate surface area is 165 Å². The van der Waals surface area contributed by atoms with Gasteiger partial charge in [-0.15, -0.1) is 0 Å². The summed E-state index contributed by atoms with van der Waals surface area (Å²) in [4.78, 5) is 4.93. The van der Waals surface area contributed by atoms with Crippen molar-refractivity contribution in [3.05, 3.63) is 77.5 Å². The Morgan fingerprint density at radius 2 is 1.59 bits per heavy atom. The van der Waals surface area contributed by atoms with Crippen LogP contribution in [-0.2, 0) is 6.04 Å². The first-order valence-corrected chi connectivity index (χ1v) is 13.2. The lowest BCUT2D eigenvalue weighted by molar-refractivity contribution is 0.536. The minimum absolute atomic E-state index is 0.655. The molecule has 2 nitrogen and oxygen atoms in total. The van der Waals surface area contributed by atoms with E-state index < -0.39 is 8.07 Å². The molecule has 0 aliphatic heterocycles. The van der Waals surface area contributed by atoms with Gasteiger partial charge in [0.05, 0.1) is 8.07 Å². The molecule has 0 N–H and O–H groups in total. The highest BCUT2D eigenvalue weighted by molar-refractivity contribution is 6.75.